The molecule has 200 valence electrons. The van der Waals surface area contributed by atoms with Gasteiger partial charge in [-0.15, -0.1) is 0 Å². The number of carbonyl (C=O) groups excluding carboxylic acids is 2. The number of benzene rings is 2. The number of likely N-dealkylation sites (tertiary alicyclic amines) is 1. The van der Waals surface area contributed by atoms with Gasteiger partial charge in [-0.2, -0.15) is 0 Å². The smallest absolute Gasteiger partial charge is 0.253 e. The number of rotatable bonds is 8. The summed E-state index contributed by atoms with van der Waals surface area (Å²) in [5.41, 5.74) is 3.78. The molecular formula is C29H30ClN7O2. The number of likely N-dealkylation sites (N-methyl/N-ethyl adjacent to an activating group) is 1. The van der Waals surface area contributed by atoms with Crippen LogP contribution in [0.15, 0.2) is 73.1 Å². The Hall–Kier alpha value is -4.21. The van der Waals surface area contributed by atoms with Crippen LogP contribution in [0.3, 0.4) is 0 Å². The number of carbonyl (C=O) groups is 2. The standard InChI is InChI=1S/C29H30ClN7O2/c1-36(2)14-5-8-26(38)33-20-11-9-19(10-12-20)28(39)37-15-13-21(18-37)34-29-32-17-24(30)27(35-29)23-16-31-25-7-4-3-6-22(23)25/h3-12,16-17,21,31H,13-15,18H2,1-2H3,(H,33,38)(H,32,34,35)/t21-/m1/s1. The Kier molecular flexibility index (Phi) is 7.90. The van der Waals surface area contributed by atoms with Gasteiger partial charge in [0, 0.05) is 65.7 Å². The molecule has 10 heteroatoms. The fourth-order valence-corrected chi connectivity index (χ4v) is 4.76. The van der Waals surface area contributed by atoms with Crippen molar-refractivity contribution in [2.24, 2.45) is 0 Å². The maximum atomic E-state index is 13.1. The van der Waals surface area contributed by atoms with E-state index in [0.29, 0.717) is 47.6 Å². The van der Waals surface area contributed by atoms with Gasteiger partial charge < -0.3 is 25.4 Å². The molecule has 1 saturated heterocycles. The van der Waals surface area contributed by atoms with Crippen LogP contribution in [-0.4, -0.2) is 76.3 Å². The summed E-state index contributed by atoms with van der Waals surface area (Å²) in [6, 6.07) is 14.9. The van der Waals surface area contributed by atoms with Gasteiger partial charge in [-0.1, -0.05) is 35.9 Å². The maximum Gasteiger partial charge on any atom is 0.253 e. The molecule has 0 aliphatic carbocycles. The van der Waals surface area contributed by atoms with Crippen LogP contribution < -0.4 is 10.6 Å². The van der Waals surface area contributed by atoms with E-state index in [1.807, 2.05) is 54.4 Å². The largest absolute Gasteiger partial charge is 0.360 e. The molecule has 0 saturated carbocycles. The van der Waals surface area contributed by atoms with E-state index in [2.05, 4.69) is 20.6 Å². The summed E-state index contributed by atoms with van der Waals surface area (Å²) in [7, 11) is 3.87. The van der Waals surface area contributed by atoms with Gasteiger partial charge in [0.2, 0.25) is 11.9 Å². The third kappa shape index (κ3) is 6.27. The molecule has 3 heterocycles. The Morgan fingerprint density at radius 2 is 1.97 bits per heavy atom. The van der Waals surface area contributed by atoms with Crippen LogP contribution in [0.5, 0.6) is 0 Å². The Bertz CT molecular complexity index is 1510. The van der Waals surface area contributed by atoms with Crippen LogP contribution in [0, 0.1) is 0 Å². The fraction of sp³-hybridized carbons (Fsp3) is 0.241. The van der Waals surface area contributed by atoms with Crippen molar-refractivity contribution >= 4 is 46.0 Å². The van der Waals surface area contributed by atoms with E-state index in [9.17, 15) is 9.59 Å². The van der Waals surface area contributed by atoms with Crippen molar-refractivity contribution in [2.45, 2.75) is 12.5 Å². The minimum Gasteiger partial charge on any atom is -0.360 e. The molecular weight excluding hydrogens is 514 g/mol. The first-order valence-corrected chi connectivity index (χ1v) is 13.1. The van der Waals surface area contributed by atoms with Crippen LogP contribution in [0.1, 0.15) is 16.8 Å². The minimum absolute atomic E-state index is 0.0125. The fourth-order valence-electron chi connectivity index (χ4n) is 4.57. The molecule has 0 spiro atoms. The van der Waals surface area contributed by atoms with Gasteiger partial charge in [0.25, 0.3) is 5.91 Å². The predicted octanol–water partition coefficient (Wildman–Crippen LogP) is 4.66. The number of halogens is 1. The van der Waals surface area contributed by atoms with Gasteiger partial charge in [-0.25, -0.2) is 9.97 Å². The van der Waals surface area contributed by atoms with Crippen LogP contribution in [0.4, 0.5) is 11.6 Å². The van der Waals surface area contributed by atoms with Gasteiger partial charge in [0.05, 0.1) is 16.9 Å². The first-order chi connectivity index (χ1) is 18.9. The zero-order valence-corrected chi connectivity index (χ0v) is 22.6. The molecule has 0 radical (unpaired) electrons. The number of anilines is 2. The van der Waals surface area contributed by atoms with E-state index >= 15 is 0 Å². The zero-order valence-electron chi connectivity index (χ0n) is 21.8. The van der Waals surface area contributed by atoms with E-state index < -0.39 is 0 Å². The van der Waals surface area contributed by atoms with E-state index in [1.54, 1.807) is 36.5 Å². The van der Waals surface area contributed by atoms with E-state index in [-0.39, 0.29) is 17.9 Å². The third-order valence-electron chi connectivity index (χ3n) is 6.54. The summed E-state index contributed by atoms with van der Waals surface area (Å²) in [6.45, 7) is 1.83. The van der Waals surface area contributed by atoms with Crippen molar-refractivity contribution in [3.63, 3.8) is 0 Å². The lowest BCUT2D eigenvalue weighted by atomic mass is 10.1. The van der Waals surface area contributed by atoms with Crippen LogP contribution in [0.2, 0.25) is 5.02 Å². The van der Waals surface area contributed by atoms with Gasteiger partial charge in [-0.05, 0) is 50.8 Å². The van der Waals surface area contributed by atoms with Crippen LogP contribution in [-0.2, 0) is 4.79 Å². The molecule has 0 unspecified atom stereocenters. The van der Waals surface area contributed by atoms with Crippen molar-refractivity contribution in [1.82, 2.24) is 24.8 Å². The number of aromatic amines is 1. The van der Waals surface area contributed by atoms with Gasteiger partial charge in [0.1, 0.15) is 0 Å². The quantitative estimate of drug-likeness (QED) is 0.279. The Morgan fingerprint density at radius 1 is 1.18 bits per heavy atom. The number of nitrogens with one attached hydrogen (secondary N) is 3. The lowest BCUT2D eigenvalue weighted by Crippen LogP contribution is -2.31. The molecule has 1 fully saturated rings. The van der Waals surface area contributed by atoms with E-state index in [4.69, 9.17) is 16.6 Å². The predicted molar refractivity (Wildman–Crippen MR) is 155 cm³/mol. The highest BCUT2D eigenvalue weighted by atomic mass is 35.5. The number of hydrogen-bond acceptors (Lipinski definition) is 6. The average molecular weight is 544 g/mol. The number of amides is 2. The van der Waals surface area contributed by atoms with E-state index in [0.717, 1.165) is 22.9 Å². The lowest BCUT2D eigenvalue weighted by Gasteiger charge is -2.18. The highest BCUT2D eigenvalue weighted by Gasteiger charge is 2.27. The molecule has 0 bridgehead atoms. The average Bonchev–Trinajstić information content (AvgIpc) is 3.57. The first kappa shape index (κ1) is 26.4. The SMILES string of the molecule is CN(C)CC=CC(=O)Nc1ccc(C(=O)N2CC[C@@H](Nc3ncc(Cl)c(-c4c[nH]c5ccccc45)n3)C2)cc1. The molecule has 1 atom stereocenters. The summed E-state index contributed by atoms with van der Waals surface area (Å²) in [6.07, 6.45) is 7.57. The van der Waals surface area contributed by atoms with Crippen LogP contribution in [0.25, 0.3) is 22.2 Å². The molecule has 9 nitrogen and oxygen atoms in total. The highest BCUT2D eigenvalue weighted by molar-refractivity contribution is 6.33. The summed E-state index contributed by atoms with van der Waals surface area (Å²) in [5, 5.41) is 7.68. The van der Waals surface area contributed by atoms with Gasteiger partial charge >= 0.3 is 0 Å². The Morgan fingerprint density at radius 3 is 2.77 bits per heavy atom. The molecule has 3 N–H and O–H groups in total. The molecule has 39 heavy (non-hydrogen) atoms. The van der Waals surface area contributed by atoms with Crippen molar-refractivity contribution in [1.29, 1.82) is 0 Å². The molecule has 5 rings (SSSR count). The molecule has 2 aromatic heterocycles. The Balaban J connectivity index is 1.19. The summed E-state index contributed by atoms with van der Waals surface area (Å²) < 4.78 is 0. The molecule has 4 aromatic rings. The third-order valence-corrected chi connectivity index (χ3v) is 6.81. The number of aromatic nitrogens is 3. The first-order valence-electron chi connectivity index (χ1n) is 12.7. The van der Waals surface area contributed by atoms with Gasteiger partial charge in [0.15, 0.2) is 0 Å². The van der Waals surface area contributed by atoms with Crippen molar-refractivity contribution in [2.75, 3.05) is 44.4 Å². The zero-order chi connectivity index (χ0) is 27.4. The van der Waals surface area contributed by atoms with Crippen molar-refractivity contribution in [3.8, 4) is 11.3 Å². The molecule has 2 amide bonds. The van der Waals surface area contributed by atoms with Crippen molar-refractivity contribution < 1.29 is 9.59 Å². The number of fused-ring (bicyclic) bond motifs is 1. The van der Waals surface area contributed by atoms with Crippen molar-refractivity contribution in [3.05, 3.63) is 83.7 Å². The monoisotopic (exact) mass is 543 g/mol. The number of H-pyrrole nitrogens is 1. The van der Waals surface area contributed by atoms with E-state index in [1.165, 1.54) is 6.08 Å². The second-order valence-electron chi connectivity index (χ2n) is 9.75. The topological polar surface area (TPSA) is 106 Å². The molecule has 2 aromatic carbocycles. The molecule has 1 aliphatic rings. The number of nitrogens with zero attached hydrogens (tertiary/aromatic N) is 4. The Labute approximate surface area is 231 Å². The number of hydrogen-bond donors (Lipinski definition) is 3. The summed E-state index contributed by atoms with van der Waals surface area (Å²) in [5.74, 6) is 0.208. The number of para-hydroxylation sites is 1. The second kappa shape index (κ2) is 11.7. The van der Waals surface area contributed by atoms with Crippen LogP contribution >= 0.6 is 11.6 Å². The summed E-state index contributed by atoms with van der Waals surface area (Å²) >= 11 is 6.46. The minimum atomic E-state index is -0.207. The molecule has 1 aliphatic heterocycles. The second-order valence-corrected chi connectivity index (χ2v) is 10.2. The van der Waals surface area contributed by atoms with Gasteiger partial charge in [-0.3, -0.25) is 9.59 Å². The lowest BCUT2D eigenvalue weighted by molar-refractivity contribution is -0.111. The maximum absolute atomic E-state index is 13.1. The highest BCUT2D eigenvalue weighted by Crippen LogP contribution is 2.32. The normalized spacial score (nSPS) is 15.4. The summed E-state index contributed by atoms with van der Waals surface area (Å²) in [4.78, 5) is 41.3.